The predicted octanol–water partition coefficient (Wildman–Crippen LogP) is 1.65. The van der Waals surface area contributed by atoms with Crippen molar-refractivity contribution in [3.8, 4) is 0 Å². The molecule has 3 nitrogen and oxygen atoms in total. The first kappa shape index (κ1) is 13.0. The molecule has 1 amide bonds. The van der Waals surface area contributed by atoms with E-state index in [1.807, 2.05) is 24.0 Å². The average Bonchev–Trinajstić information content (AvgIpc) is 2.63. The van der Waals surface area contributed by atoms with Gasteiger partial charge in [0.2, 0.25) is 5.91 Å². The summed E-state index contributed by atoms with van der Waals surface area (Å²) in [5.74, 6) is 0.144. The van der Waals surface area contributed by atoms with Crippen LogP contribution >= 0.6 is 12.4 Å². The standard InChI is InChI=1S/C12H16N2O.ClH/c1-9-3-2-4-10-6-8-14(12(9)10)11(15)5-7-13;/h2-4H,5-8,13H2,1H3;1H. The van der Waals surface area contributed by atoms with Crippen molar-refractivity contribution in [2.75, 3.05) is 18.0 Å². The monoisotopic (exact) mass is 240 g/mol. The number of nitrogens with two attached hydrogens (primary N) is 1. The molecule has 0 fully saturated rings. The first-order chi connectivity index (χ1) is 7.24. The molecule has 4 heteroatoms. The SMILES string of the molecule is Cc1cccc2c1N(C(=O)CCN)CC2.Cl. The topological polar surface area (TPSA) is 46.3 Å². The smallest absolute Gasteiger partial charge is 0.228 e. The lowest BCUT2D eigenvalue weighted by Crippen LogP contribution is -2.30. The minimum atomic E-state index is 0. The number of para-hydroxylation sites is 1. The molecular formula is C12H17ClN2O. The molecule has 1 aliphatic heterocycles. The Hall–Kier alpha value is -1.06. The number of hydrogen-bond acceptors (Lipinski definition) is 2. The largest absolute Gasteiger partial charge is 0.330 e. The van der Waals surface area contributed by atoms with E-state index in [4.69, 9.17) is 5.73 Å². The fraction of sp³-hybridized carbons (Fsp3) is 0.417. The van der Waals surface area contributed by atoms with Crippen LogP contribution in [-0.2, 0) is 11.2 Å². The number of fused-ring (bicyclic) bond motifs is 1. The number of nitrogens with zero attached hydrogens (tertiary/aromatic N) is 1. The Kier molecular flexibility index (Phi) is 4.33. The van der Waals surface area contributed by atoms with E-state index in [1.54, 1.807) is 0 Å². The molecule has 2 rings (SSSR count). The lowest BCUT2D eigenvalue weighted by molar-refractivity contribution is -0.118. The van der Waals surface area contributed by atoms with Crippen LogP contribution < -0.4 is 10.6 Å². The van der Waals surface area contributed by atoms with Crippen molar-refractivity contribution in [2.24, 2.45) is 5.73 Å². The maximum absolute atomic E-state index is 11.8. The van der Waals surface area contributed by atoms with Crippen LogP contribution in [0.2, 0.25) is 0 Å². The highest BCUT2D eigenvalue weighted by Crippen LogP contribution is 2.31. The van der Waals surface area contributed by atoms with Gasteiger partial charge in [-0.2, -0.15) is 0 Å². The summed E-state index contributed by atoms with van der Waals surface area (Å²) in [5.41, 5.74) is 8.97. The van der Waals surface area contributed by atoms with Gasteiger partial charge in [0.15, 0.2) is 0 Å². The molecule has 1 aliphatic rings. The summed E-state index contributed by atoms with van der Waals surface area (Å²) in [6, 6.07) is 6.19. The maximum atomic E-state index is 11.8. The number of halogens is 1. The summed E-state index contributed by atoms with van der Waals surface area (Å²) in [6.45, 7) is 3.28. The van der Waals surface area contributed by atoms with Crippen molar-refractivity contribution in [2.45, 2.75) is 19.8 Å². The Morgan fingerprint density at radius 3 is 2.94 bits per heavy atom. The van der Waals surface area contributed by atoms with E-state index >= 15 is 0 Å². The molecular weight excluding hydrogens is 224 g/mol. The fourth-order valence-electron chi connectivity index (χ4n) is 2.16. The van der Waals surface area contributed by atoms with Gasteiger partial charge >= 0.3 is 0 Å². The zero-order valence-corrected chi connectivity index (χ0v) is 10.2. The van der Waals surface area contributed by atoms with Gasteiger partial charge in [-0.15, -0.1) is 12.4 Å². The summed E-state index contributed by atoms with van der Waals surface area (Å²) in [5, 5.41) is 0. The third kappa shape index (κ3) is 2.20. The molecule has 0 aliphatic carbocycles. The van der Waals surface area contributed by atoms with E-state index in [9.17, 15) is 4.79 Å². The van der Waals surface area contributed by atoms with Crippen molar-refractivity contribution in [1.29, 1.82) is 0 Å². The summed E-state index contributed by atoms with van der Waals surface area (Å²) in [7, 11) is 0. The highest BCUT2D eigenvalue weighted by Gasteiger charge is 2.24. The van der Waals surface area contributed by atoms with Gasteiger partial charge in [0.25, 0.3) is 0 Å². The van der Waals surface area contributed by atoms with Crippen molar-refractivity contribution < 1.29 is 4.79 Å². The molecule has 0 atom stereocenters. The summed E-state index contributed by atoms with van der Waals surface area (Å²) in [6.07, 6.45) is 1.40. The van der Waals surface area contributed by atoms with E-state index in [0.29, 0.717) is 13.0 Å². The van der Waals surface area contributed by atoms with E-state index in [1.165, 1.54) is 11.1 Å². The van der Waals surface area contributed by atoms with Gasteiger partial charge in [0, 0.05) is 25.2 Å². The number of rotatable bonds is 2. The molecule has 16 heavy (non-hydrogen) atoms. The predicted molar refractivity (Wildman–Crippen MR) is 68.2 cm³/mol. The highest BCUT2D eigenvalue weighted by atomic mass is 35.5. The fourth-order valence-corrected chi connectivity index (χ4v) is 2.16. The number of anilines is 1. The number of carbonyl (C=O) groups excluding carboxylic acids is 1. The molecule has 1 aromatic rings. The number of carbonyl (C=O) groups is 1. The molecule has 0 spiro atoms. The lowest BCUT2D eigenvalue weighted by atomic mass is 10.1. The molecule has 0 saturated heterocycles. The van der Waals surface area contributed by atoms with Crippen LogP contribution in [0.15, 0.2) is 18.2 Å². The maximum Gasteiger partial charge on any atom is 0.228 e. The van der Waals surface area contributed by atoms with Crippen LogP contribution in [0.25, 0.3) is 0 Å². The zero-order chi connectivity index (χ0) is 10.8. The Balaban J connectivity index is 0.00000128. The molecule has 1 aromatic carbocycles. The van der Waals surface area contributed by atoms with Gasteiger partial charge in [0.05, 0.1) is 0 Å². The molecule has 2 N–H and O–H groups in total. The molecule has 0 unspecified atom stereocenters. The first-order valence-corrected chi connectivity index (χ1v) is 5.33. The van der Waals surface area contributed by atoms with E-state index in [0.717, 1.165) is 18.7 Å². The molecule has 0 bridgehead atoms. The molecule has 1 heterocycles. The Morgan fingerprint density at radius 1 is 1.50 bits per heavy atom. The number of benzene rings is 1. The zero-order valence-electron chi connectivity index (χ0n) is 9.40. The Labute approximate surface area is 102 Å². The molecule has 0 radical (unpaired) electrons. The molecule has 0 saturated carbocycles. The second-order valence-electron chi connectivity index (χ2n) is 3.92. The van der Waals surface area contributed by atoms with Crippen LogP contribution in [0.5, 0.6) is 0 Å². The Bertz CT molecular complexity index is 393. The van der Waals surface area contributed by atoms with Gasteiger partial charge in [-0.05, 0) is 24.5 Å². The van der Waals surface area contributed by atoms with Gasteiger partial charge in [-0.25, -0.2) is 0 Å². The van der Waals surface area contributed by atoms with Crippen LogP contribution in [-0.4, -0.2) is 19.0 Å². The Morgan fingerprint density at radius 2 is 2.25 bits per heavy atom. The number of amides is 1. The minimum absolute atomic E-state index is 0. The van der Waals surface area contributed by atoms with Gasteiger partial charge in [0.1, 0.15) is 0 Å². The van der Waals surface area contributed by atoms with Crippen molar-refractivity contribution in [1.82, 2.24) is 0 Å². The second-order valence-corrected chi connectivity index (χ2v) is 3.92. The van der Waals surface area contributed by atoms with E-state index < -0.39 is 0 Å². The van der Waals surface area contributed by atoms with Crippen LogP contribution in [0.3, 0.4) is 0 Å². The van der Waals surface area contributed by atoms with Crippen molar-refractivity contribution in [3.05, 3.63) is 29.3 Å². The summed E-state index contributed by atoms with van der Waals surface area (Å²) in [4.78, 5) is 13.7. The molecule has 88 valence electrons. The third-order valence-electron chi connectivity index (χ3n) is 2.86. The second kappa shape index (κ2) is 5.32. The van der Waals surface area contributed by atoms with Gasteiger partial charge < -0.3 is 10.6 Å². The number of aryl methyl sites for hydroxylation is 1. The van der Waals surface area contributed by atoms with Crippen LogP contribution in [0.4, 0.5) is 5.69 Å². The highest BCUT2D eigenvalue weighted by molar-refractivity contribution is 5.96. The quantitative estimate of drug-likeness (QED) is 0.855. The van der Waals surface area contributed by atoms with E-state index in [-0.39, 0.29) is 18.3 Å². The van der Waals surface area contributed by atoms with Crippen LogP contribution in [0, 0.1) is 6.92 Å². The third-order valence-corrected chi connectivity index (χ3v) is 2.86. The first-order valence-electron chi connectivity index (χ1n) is 5.33. The minimum Gasteiger partial charge on any atom is -0.330 e. The average molecular weight is 241 g/mol. The van der Waals surface area contributed by atoms with Gasteiger partial charge in [-0.3, -0.25) is 4.79 Å². The lowest BCUT2D eigenvalue weighted by Gasteiger charge is -2.18. The normalized spacial score (nSPS) is 13.2. The van der Waals surface area contributed by atoms with Gasteiger partial charge in [-0.1, -0.05) is 18.2 Å². The number of hydrogen-bond donors (Lipinski definition) is 1. The summed E-state index contributed by atoms with van der Waals surface area (Å²) >= 11 is 0. The molecule has 0 aromatic heterocycles. The van der Waals surface area contributed by atoms with E-state index in [2.05, 4.69) is 6.07 Å². The van der Waals surface area contributed by atoms with Crippen molar-refractivity contribution >= 4 is 24.0 Å². The van der Waals surface area contributed by atoms with Crippen molar-refractivity contribution in [3.63, 3.8) is 0 Å². The van der Waals surface area contributed by atoms with Crippen LogP contribution in [0.1, 0.15) is 17.5 Å². The summed E-state index contributed by atoms with van der Waals surface area (Å²) < 4.78 is 0.